The normalized spacial score (nSPS) is 26.0. The Labute approximate surface area is 87.1 Å². The number of ether oxygens (including phenoxy) is 1. The van der Waals surface area contributed by atoms with Gasteiger partial charge in [0.25, 0.3) is 0 Å². The standard InChI is InChI=1S/C11H22N2O/c1-4-6-10(12-5-2)11-9-13(3)7-8-14-11/h4,10-12H,1,5-9H2,2-3H3. The van der Waals surface area contributed by atoms with Gasteiger partial charge in [-0.15, -0.1) is 6.58 Å². The molecule has 1 aliphatic heterocycles. The molecule has 0 radical (unpaired) electrons. The van der Waals surface area contributed by atoms with Crippen molar-refractivity contribution in [1.82, 2.24) is 10.2 Å². The molecule has 0 amide bonds. The summed E-state index contributed by atoms with van der Waals surface area (Å²) < 4.78 is 5.76. The minimum Gasteiger partial charge on any atom is -0.374 e. The van der Waals surface area contributed by atoms with Crippen LogP contribution in [-0.4, -0.2) is 50.3 Å². The van der Waals surface area contributed by atoms with Crippen LogP contribution in [0.5, 0.6) is 0 Å². The van der Waals surface area contributed by atoms with Crippen molar-refractivity contribution in [1.29, 1.82) is 0 Å². The van der Waals surface area contributed by atoms with Crippen molar-refractivity contribution in [3.63, 3.8) is 0 Å². The molecule has 82 valence electrons. The van der Waals surface area contributed by atoms with Gasteiger partial charge in [0.2, 0.25) is 0 Å². The van der Waals surface area contributed by atoms with Gasteiger partial charge in [0, 0.05) is 19.1 Å². The maximum atomic E-state index is 5.76. The van der Waals surface area contributed by atoms with E-state index < -0.39 is 0 Å². The molecule has 1 heterocycles. The number of nitrogens with one attached hydrogen (secondary N) is 1. The summed E-state index contributed by atoms with van der Waals surface area (Å²) in [5.74, 6) is 0. The van der Waals surface area contributed by atoms with Gasteiger partial charge < -0.3 is 15.0 Å². The van der Waals surface area contributed by atoms with Crippen molar-refractivity contribution in [2.24, 2.45) is 0 Å². The lowest BCUT2D eigenvalue weighted by molar-refractivity contribution is -0.0377. The van der Waals surface area contributed by atoms with Crippen LogP contribution in [-0.2, 0) is 4.74 Å². The lowest BCUT2D eigenvalue weighted by Crippen LogP contribution is -2.51. The maximum absolute atomic E-state index is 5.76. The molecule has 0 aromatic carbocycles. The number of hydrogen-bond acceptors (Lipinski definition) is 3. The van der Waals surface area contributed by atoms with Gasteiger partial charge in [-0.25, -0.2) is 0 Å². The number of rotatable bonds is 5. The van der Waals surface area contributed by atoms with Gasteiger partial charge in [-0.3, -0.25) is 0 Å². The van der Waals surface area contributed by atoms with Crippen molar-refractivity contribution in [3.8, 4) is 0 Å². The van der Waals surface area contributed by atoms with E-state index >= 15 is 0 Å². The Morgan fingerprint density at radius 2 is 2.50 bits per heavy atom. The average Bonchev–Trinajstić information content (AvgIpc) is 2.17. The zero-order chi connectivity index (χ0) is 10.4. The SMILES string of the molecule is C=CCC(NCC)C1CN(C)CCO1. The van der Waals surface area contributed by atoms with E-state index in [2.05, 4.69) is 30.8 Å². The third-order valence-corrected chi connectivity index (χ3v) is 2.63. The smallest absolute Gasteiger partial charge is 0.0858 e. The van der Waals surface area contributed by atoms with Crippen LogP contribution >= 0.6 is 0 Å². The molecule has 0 aliphatic carbocycles. The van der Waals surface area contributed by atoms with Crippen LogP contribution in [0.3, 0.4) is 0 Å². The minimum absolute atomic E-state index is 0.312. The van der Waals surface area contributed by atoms with Crippen molar-refractivity contribution in [2.45, 2.75) is 25.5 Å². The molecule has 3 nitrogen and oxygen atoms in total. The first-order valence-corrected chi connectivity index (χ1v) is 5.42. The number of morpholine rings is 1. The van der Waals surface area contributed by atoms with E-state index in [1.165, 1.54) is 0 Å². The third-order valence-electron chi connectivity index (χ3n) is 2.63. The second kappa shape index (κ2) is 6.17. The predicted molar refractivity (Wildman–Crippen MR) is 59.5 cm³/mol. The van der Waals surface area contributed by atoms with Gasteiger partial charge in [0.1, 0.15) is 0 Å². The molecule has 0 aromatic rings. The van der Waals surface area contributed by atoms with Gasteiger partial charge in [-0.1, -0.05) is 13.0 Å². The van der Waals surface area contributed by atoms with Crippen LogP contribution < -0.4 is 5.32 Å². The Hall–Kier alpha value is -0.380. The summed E-state index contributed by atoms with van der Waals surface area (Å²) in [4.78, 5) is 2.32. The van der Waals surface area contributed by atoms with Crippen LogP contribution in [0.25, 0.3) is 0 Å². The highest BCUT2D eigenvalue weighted by Gasteiger charge is 2.24. The molecule has 2 atom stereocenters. The molecule has 0 bridgehead atoms. The van der Waals surface area contributed by atoms with Gasteiger partial charge in [0.05, 0.1) is 12.7 Å². The van der Waals surface area contributed by atoms with E-state index in [4.69, 9.17) is 4.74 Å². The number of nitrogens with zero attached hydrogens (tertiary/aromatic N) is 1. The zero-order valence-electron chi connectivity index (χ0n) is 9.33. The summed E-state index contributed by atoms with van der Waals surface area (Å²) in [6.07, 6.45) is 3.25. The van der Waals surface area contributed by atoms with Crippen molar-refractivity contribution >= 4 is 0 Å². The molecule has 0 aromatic heterocycles. The maximum Gasteiger partial charge on any atom is 0.0858 e. The van der Waals surface area contributed by atoms with E-state index in [1.54, 1.807) is 0 Å². The largest absolute Gasteiger partial charge is 0.374 e. The van der Waals surface area contributed by atoms with Crippen LogP contribution in [0.15, 0.2) is 12.7 Å². The van der Waals surface area contributed by atoms with E-state index in [9.17, 15) is 0 Å². The van der Waals surface area contributed by atoms with Gasteiger partial charge >= 0.3 is 0 Å². The Balaban J connectivity index is 2.43. The first-order chi connectivity index (χ1) is 6.77. The lowest BCUT2D eigenvalue weighted by atomic mass is 10.1. The second-order valence-corrected chi connectivity index (χ2v) is 3.86. The van der Waals surface area contributed by atoms with Crippen LogP contribution in [0, 0.1) is 0 Å². The Morgan fingerprint density at radius 3 is 3.07 bits per heavy atom. The zero-order valence-corrected chi connectivity index (χ0v) is 9.33. The first-order valence-electron chi connectivity index (χ1n) is 5.42. The Bertz CT molecular complexity index is 173. The molecule has 1 aliphatic rings. The second-order valence-electron chi connectivity index (χ2n) is 3.86. The van der Waals surface area contributed by atoms with E-state index in [-0.39, 0.29) is 0 Å². The van der Waals surface area contributed by atoms with Crippen molar-refractivity contribution in [2.75, 3.05) is 33.3 Å². The van der Waals surface area contributed by atoms with Crippen LogP contribution in [0.2, 0.25) is 0 Å². The van der Waals surface area contributed by atoms with Gasteiger partial charge in [0.15, 0.2) is 0 Å². The van der Waals surface area contributed by atoms with Crippen LogP contribution in [0.4, 0.5) is 0 Å². The molecule has 14 heavy (non-hydrogen) atoms. The van der Waals surface area contributed by atoms with E-state index in [0.717, 1.165) is 32.7 Å². The fourth-order valence-corrected chi connectivity index (χ4v) is 1.86. The Kier molecular flexibility index (Phi) is 5.15. The highest BCUT2D eigenvalue weighted by Crippen LogP contribution is 2.10. The molecular weight excluding hydrogens is 176 g/mol. The van der Waals surface area contributed by atoms with Gasteiger partial charge in [-0.2, -0.15) is 0 Å². The van der Waals surface area contributed by atoms with Crippen LogP contribution in [0.1, 0.15) is 13.3 Å². The van der Waals surface area contributed by atoms with Gasteiger partial charge in [-0.05, 0) is 20.0 Å². The van der Waals surface area contributed by atoms with E-state index in [0.29, 0.717) is 12.1 Å². The quantitative estimate of drug-likeness (QED) is 0.663. The summed E-state index contributed by atoms with van der Waals surface area (Å²) in [6, 6.07) is 0.417. The van der Waals surface area contributed by atoms with Crippen molar-refractivity contribution < 1.29 is 4.74 Å². The first kappa shape index (κ1) is 11.7. The number of likely N-dealkylation sites (N-methyl/N-ethyl adjacent to an activating group) is 2. The van der Waals surface area contributed by atoms with Crippen molar-refractivity contribution in [3.05, 3.63) is 12.7 Å². The topological polar surface area (TPSA) is 24.5 Å². The minimum atomic E-state index is 0.312. The molecule has 1 rings (SSSR count). The molecule has 0 spiro atoms. The fourth-order valence-electron chi connectivity index (χ4n) is 1.86. The molecule has 2 unspecified atom stereocenters. The molecule has 3 heteroatoms. The molecule has 1 fully saturated rings. The number of hydrogen-bond donors (Lipinski definition) is 1. The average molecular weight is 198 g/mol. The fraction of sp³-hybridized carbons (Fsp3) is 0.818. The molecule has 0 saturated carbocycles. The molecular formula is C11H22N2O. The third kappa shape index (κ3) is 3.40. The summed E-state index contributed by atoms with van der Waals surface area (Å²) >= 11 is 0. The summed E-state index contributed by atoms with van der Waals surface area (Å²) in [5, 5.41) is 3.45. The predicted octanol–water partition coefficient (Wildman–Crippen LogP) is 0.871. The summed E-state index contributed by atoms with van der Waals surface area (Å²) in [6.45, 7) is 9.82. The Morgan fingerprint density at radius 1 is 1.71 bits per heavy atom. The monoisotopic (exact) mass is 198 g/mol. The summed E-state index contributed by atoms with van der Waals surface area (Å²) in [7, 11) is 2.15. The molecule has 1 N–H and O–H groups in total. The molecule has 1 saturated heterocycles. The highest BCUT2D eigenvalue weighted by atomic mass is 16.5. The lowest BCUT2D eigenvalue weighted by Gasteiger charge is -2.35. The summed E-state index contributed by atoms with van der Waals surface area (Å²) in [5.41, 5.74) is 0. The van der Waals surface area contributed by atoms with E-state index in [1.807, 2.05) is 6.08 Å². The highest BCUT2D eigenvalue weighted by molar-refractivity contribution is 4.87.